The minimum absolute atomic E-state index is 0.0363. The molecule has 0 fully saturated rings. The fourth-order valence-electron chi connectivity index (χ4n) is 1.93. The number of amides is 1. The average molecular weight is 304 g/mol. The molecule has 7 nitrogen and oxygen atoms in total. The summed E-state index contributed by atoms with van der Waals surface area (Å²) in [5.74, 6) is -0.147. The Balaban J connectivity index is 1.83. The van der Waals surface area contributed by atoms with E-state index in [9.17, 15) is 4.79 Å². The number of rotatable bonds is 9. The molecule has 0 radical (unpaired) electrons. The van der Waals surface area contributed by atoms with Gasteiger partial charge < -0.3 is 14.8 Å². The van der Waals surface area contributed by atoms with Crippen LogP contribution in [0.5, 0.6) is 0 Å². The van der Waals surface area contributed by atoms with Gasteiger partial charge in [0.05, 0.1) is 19.8 Å². The standard InChI is InChI=1S/C15H20N4O3/c1-21-6-7-22-10-15(20)17-8-13-4-2-3-5-14(13)9-19-12-16-11-18-19/h2-5,11-12H,6-10H2,1H3,(H,17,20). The predicted octanol–water partition coefficient (Wildman–Crippen LogP) is 0.606. The molecule has 0 aliphatic heterocycles. The van der Waals surface area contributed by atoms with Crippen molar-refractivity contribution in [2.75, 3.05) is 26.9 Å². The largest absolute Gasteiger partial charge is 0.382 e. The molecule has 1 aromatic heterocycles. The van der Waals surface area contributed by atoms with E-state index in [2.05, 4.69) is 15.4 Å². The van der Waals surface area contributed by atoms with Crippen LogP contribution in [0.15, 0.2) is 36.9 Å². The molecular weight excluding hydrogens is 284 g/mol. The van der Waals surface area contributed by atoms with Gasteiger partial charge in [-0.1, -0.05) is 24.3 Å². The third-order valence-corrected chi connectivity index (χ3v) is 3.06. The number of methoxy groups -OCH3 is 1. The molecule has 2 aromatic rings. The smallest absolute Gasteiger partial charge is 0.246 e. The maximum atomic E-state index is 11.7. The summed E-state index contributed by atoms with van der Waals surface area (Å²) in [5, 5.41) is 6.94. The van der Waals surface area contributed by atoms with Crippen LogP contribution in [0.1, 0.15) is 11.1 Å². The number of benzene rings is 1. The van der Waals surface area contributed by atoms with E-state index in [1.807, 2.05) is 24.3 Å². The zero-order chi connectivity index (χ0) is 15.6. The molecule has 0 aliphatic carbocycles. The van der Waals surface area contributed by atoms with Crippen LogP contribution in [0.25, 0.3) is 0 Å². The van der Waals surface area contributed by atoms with Crippen molar-refractivity contribution in [2.24, 2.45) is 0 Å². The van der Waals surface area contributed by atoms with Gasteiger partial charge in [-0.15, -0.1) is 0 Å². The molecule has 1 N–H and O–H groups in total. The summed E-state index contributed by atoms with van der Waals surface area (Å²) in [4.78, 5) is 15.6. The molecule has 0 saturated heterocycles. The van der Waals surface area contributed by atoms with Crippen LogP contribution in [0.2, 0.25) is 0 Å². The van der Waals surface area contributed by atoms with Crippen LogP contribution in [0.4, 0.5) is 0 Å². The van der Waals surface area contributed by atoms with Crippen molar-refractivity contribution in [2.45, 2.75) is 13.1 Å². The molecule has 0 unspecified atom stereocenters. The van der Waals surface area contributed by atoms with Crippen LogP contribution in [-0.2, 0) is 27.4 Å². The first-order chi connectivity index (χ1) is 10.8. The Morgan fingerprint density at radius 2 is 2.09 bits per heavy atom. The molecule has 22 heavy (non-hydrogen) atoms. The van der Waals surface area contributed by atoms with Gasteiger partial charge in [0.25, 0.3) is 0 Å². The quantitative estimate of drug-likeness (QED) is 0.687. The van der Waals surface area contributed by atoms with E-state index in [-0.39, 0.29) is 12.5 Å². The Bertz CT molecular complexity index is 572. The molecule has 2 rings (SSSR count). The van der Waals surface area contributed by atoms with Gasteiger partial charge >= 0.3 is 0 Å². The Labute approximate surface area is 129 Å². The Morgan fingerprint density at radius 3 is 2.82 bits per heavy atom. The zero-order valence-electron chi connectivity index (χ0n) is 12.6. The SMILES string of the molecule is COCCOCC(=O)NCc1ccccc1Cn1cncn1. The topological polar surface area (TPSA) is 78.3 Å². The summed E-state index contributed by atoms with van der Waals surface area (Å²) in [6.45, 7) is 2.00. The van der Waals surface area contributed by atoms with E-state index in [1.54, 1.807) is 18.1 Å². The summed E-state index contributed by atoms with van der Waals surface area (Å²) < 4.78 is 11.8. The molecule has 1 heterocycles. The summed E-state index contributed by atoms with van der Waals surface area (Å²) in [6, 6.07) is 7.91. The first kappa shape index (κ1) is 16.1. The molecule has 0 bridgehead atoms. The van der Waals surface area contributed by atoms with Crippen molar-refractivity contribution in [3.63, 3.8) is 0 Å². The van der Waals surface area contributed by atoms with Gasteiger partial charge in [-0.25, -0.2) is 9.67 Å². The summed E-state index contributed by atoms with van der Waals surface area (Å²) in [6.07, 6.45) is 3.17. The molecule has 0 saturated carbocycles. The fourth-order valence-corrected chi connectivity index (χ4v) is 1.93. The number of nitrogens with zero attached hydrogens (tertiary/aromatic N) is 3. The van der Waals surface area contributed by atoms with E-state index >= 15 is 0 Å². The second-order valence-corrected chi connectivity index (χ2v) is 4.68. The Kier molecular flexibility index (Phi) is 6.53. The first-order valence-corrected chi connectivity index (χ1v) is 7.02. The molecule has 7 heteroatoms. The first-order valence-electron chi connectivity index (χ1n) is 7.02. The van der Waals surface area contributed by atoms with E-state index in [1.165, 1.54) is 6.33 Å². The minimum Gasteiger partial charge on any atom is -0.382 e. The maximum Gasteiger partial charge on any atom is 0.246 e. The van der Waals surface area contributed by atoms with Crippen LogP contribution in [0, 0.1) is 0 Å². The number of carbonyl (C=O) groups excluding carboxylic acids is 1. The van der Waals surface area contributed by atoms with Gasteiger partial charge in [0.2, 0.25) is 5.91 Å². The number of aromatic nitrogens is 3. The Hall–Kier alpha value is -2.25. The molecular formula is C15H20N4O3. The number of carbonyl (C=O) groups is 1. The number of ether oxygens (including phenoxy) is 2. The monoisotopic (exact) mass is 304 g/mol. The van der Waals surface area contributed by atoms with Crippen molar-refractivity contribution >= 4 is 5.91 Å². The fraction of sp³-hybridized carbons (Fsp3) is 0.400. The highest BCUT2D eigenvalue weighted by molar-refractivity contribution is 5.77. The van der Waals surface area contributed by atoms with Gasteiger partial charge in [0.15, 0.2) is 0 Å². The van der Waals surface area contributed by atoms with Gasteiger partial charge in [-0.2, -0.15) is 5.10 Å². The van der Waals surface area contributed by atoms with E-state index in [4.69, 9.17) is 9.47 Å². The summed E-state index contributed by atoms with van der Waals surface area (Å²) in [5.41, 5.74) is 2.14. The normalized spacial score (nSPS) is 10.6. The minimum atomic E-state index is -0.147. The number of hydrogen-bond donors (Lipinski definition) is 1. The Morgan fingerprint density at radius 1 is 1.27 bits per heavy atom. The highest BCUT2D eigenvalue weighted by Crippen LogP contribution is 2.09. The van der Waals surface area contributed by atoms with Crippen molar-refractivity contribution in [1.29, 1.82) is 0 Å². The van der Waals surface area contributed by atoms with Gasteiger partial charge in [0, 0.05) is 13.7 Å². The van der Waals surface area contributed by atoms with Crippen LogP contribution < -0.4 is 5.32 Å². The van der Waals surface area contributed by atoms with Crippen molar-refractivity contribution < 1.29 is 14.3 Å². The third kappa shape index (κ3) is 5.27. The molecule has 0 spiro atoms. The van der Waals surface area contributed by atoms with Gasteiger partial charge in [-0.05, 0) is 11.1 Å². The molecule has 0 atom stereocenters. The van der Waals surface area contributed by atoms with Gasteiger partial charge in [0.1, 0.15) is 19.3 Å². The van der Waals surface area contributed by atoms with Crippen molar-refractivity contribution in [3.8, 4) is 0 Å². The molecule has 1 amide bonds. The highest BCUT2D eigenvalue weighted by Gasteiger charge is 2.06. The molecule has 1 aromatic carbocycles. The second-order valence-electron chi connectivity index (χ2n) is 4.68. The zero-order valence-corrected chi connectivity index (χ0v) is 12.6. The summed E-state index contributed by atoms with van der Waals surface area (Å²) >= 11 is 0. The van der Waals surface area contributed by atoms with Crippen molar-refractivity contribution in [1.82, 2.24) is 20.1 Å². The van der Waals surface area contributed by atoms with Crippen molar-refractivity contribution in [3.05, 3.63) is 48.0 Å². The van der Waals surface area contributed by atoms with Crippen LogP contribution >= 0.6 is 0 Å². The van der Waals surface area contributed by atoms with E-state index in [0.29, 0.717) is 26.3 Å². The predicted molar refractivity (Wildman–Crippen MR) is 80.1 cm³/mol. The van der Waals surface area contributed by atoms with Crippen LogP contribution in [0.3, 0.4) is 0 Å². The molecule has 0 aliphatic rings. The second kappa shape index (κ2) is 8.91. The number of hydrogen-bond acceptors (Lipinski definition) is 5. The lowest BCUT2D eigenvalue weighted by Crippen LogP contribution is -2.28. The van der Waals surface area contributed by atoms with E-state index < -0.39 is 0 Å². The van der Waals surface area contributed by atoms with Crippen LogP contribution in [-0.4, -0.2) is 47.6 Å². The van der Waals surface area contributed by atoms with E-state index in [0.717, 1.165) is 11.1 Å². The molecule has 118 valence electrons. The lowest BCUT2D eigenvalue weighted by Gasteiger charge is -2.11. The van der Waals surface area contributed by atoms with Gasteiger partial charge in [-0.3, -0.25) is 4.79 Å². The number of nitrogens with one attached hydrogen (secondary N) is 1. The average Bonchev–Trinajstić information content (AvgIpc) is 3.04. The third-order valence-electron chi connectivity index (χ3n) is 3.06. The highest BCUT2D eigenvalue weighted by atomic mass is 16.5. The summed E-state index contributed by atoms with van der Waals surface area (Å²) in [7, 11) is 1.59. The lowest BCUT2D eigenvalue weighted by molar-refractivity contribution is -0.126. The lowest BCUT2D eigenvalue weighted by atomic mass is 10.1. The maximum absolute atomic E-state index is 11.7.